The van der Waals surface area contributed by atoms with E-state index in [4.69, 9.17) is 0 Å². The second-order valence-corrected chi connectivity index (χ2v) is 7.74. The molecule has 1 aromatic heterocycles. The van der Waals surface area contributed by atoms with Gasteiger partial charge in [0.05, 0.1) is 18.4 Å². The highest BCUT2D eigenvalue weighted by molar-refractivity contribution is 5.92. The van der Waals surface area contributed by atoms with Crippen LogP contribution in [0, 0.1) is 11.8 Å². The van der Waals surface area contributed by atoms with E-state index in [2.05, 4.69) is 34.1 Å². The van der Waals surface area contributed by atoms with Crippen LogP contribution in [-0.4, -0.2) is 63.6 Å². The van der Waals surface area contributed by atoms with E-state index in [9.17, 15) is 9.59 Å². The van der Waals surface area contributed by atoms with Crippen LogP contribution in [0.25, 0.3) is 0 Å². The third-order valence-corrected chi connectivity index (χ3v) is 5.09. The van der Waals surface area contributed by atoms with Gasteiger partial charge in [-0.3, -0.25) is 19.2 Å². The Labute approximate surface area is 149 Å². The number of aromatic nitrogens is 2. The van der Waals surface area contributed by atoms with Crippen LogP contribution in [0.1, 0.15) is 33.1 Å². The number of amides is 2. The monoisotopic (exact) mass is 347 g/mol. The third-order valence-electron chi connectivity index (χ3n) is 5.09. The molecule has 7 nitrogen and oxygen atoms in total. The molecule has 7 heteroatoms. The fourth-order valence-electron chi connectivity index (χ4n) is 3.46. The number of nitrogens with zero attached hydrogens (tertiary/aromatic N) is 4. The zero-order chi connectivity index (χ0) is 18.0. The number of aryl methyl sites for hydroxylation is 1. The molecule has 0 bridgehead atoms. The maximum absolute atomic E-state index is 12.6. The van der Waals surface area contributed by atoms with Crippen LogP contribution in [0.2, 0.25) is 0 Å². The first-order valence-corrected chi connectivity index (χ1v) is 9.22. The quantitative estimate of drug-likeness (QED) is 0.843. The number of hydrogen-bond acceptors (Lipinski definition) is 4. The predicted molar refractivity (Wildman–Crippen MR) is 96.0 cm³/mol. The summed E-state index contributed by atoms with van der Waals surface area (Å²) in [6.07, 6.45) is 6.39. The fourth-order valence-corrected chi connectivity index (χ4v) is 3.46. The second-order valence-electron chi connectivity index (χ2n) is 7.74. The lowest BCUT2D eigenvalue weighted by atomic mass is 10.0. The van der Waals surface area contributed by atoms with Gasteiger partial charge in [0.2, 0.25) is 11.8 Å². The molecule has 3 rings (SSSR count). The Balaban J connectivity index is 1.61. The van der Waals surface area contributed by atoms with Crippen LogP contribution < -0.4 is 5.32 Å². The van der Waals surface area contributed by atoms with Crippen molar-refractivity contribution in [3.8, 4) is 0 Å². The van der Waals surface area contributed by atoms with Crippen molar-refractivity contribution in [2.75, 3.05) is 31.5 Å². The van der Waals surface area contributed by atoms with Crippen LogP contribution in [0.4, 0.5) is 5.69 Å². The van der Waals surface area contributed by atoms with E-state index in [0.717, 1.165) is 13.1 Å². The van der Waals surface area contributed by atoms with Crippen LogP contribution in [0.15, 0.2) is 12.4 Å². The smallest absolute Gasteiger partial charge is 0.238 e. The minimum absolute atomic E-state index is 0.0569. The number of carbonyl (C=O) groups excluding carboxylic acids is 2. The molecule has 2 aliphatic rings. The summed E-state index contributed by atoms with van der Waals surface area (Å²) >= 11 is 0. The van der Waals surface area contributed by atoms with E-state index in [0.29, 0.717) is 37.0 Å². The average molecular weight is 347 g/mol. The van der Waals surface area contributed by atoms with E-state index in [-0.39, 0.29) is 17.9 Å². The normalized spacial score (nSPS) is 22.3. The zero-order valence-electron chi connectivity index (χ0n) is 15.4. The highest BCUT2D eigenvalue weighted by Crippen LogP contribution is 2.32. The van der Waals surface area contributed by atoms with E-state index in [1.165, 1.54) is 12.8 Å². The Hall–Kier alpha value is -1.89. The molecule has 0 spiro atoms. The van der Waals surface area contributed by atoms with Crippen molar-refractivity contribution in [1.82, 2.24) is 19.6 Å². The highest BCUT2D eigenvalue weighted by Gasteiger charge is 2.35. The van der Waals surface area contributed by atoms with Gasteiger partial charge in [-0.05, 0) is 24.7 Å². The van der Waals surface area contributed by atoms with E-state index in [1.807, 2.05) is 7.05 Å². The molecular formula is C18H29N5O2. The molecule has 1 saturated carbocycles. The van der Waals surface area contributed by atoms with Gasteiger partial charge < -0.3 is 10.2 Å². The molecule has 138 valence electrons. The standard InChI is InChI=1S/C18H29N5O2/c1-13(2)16-11-22(7-6-18(25)23(16)9-14-4-5-14)12-17(24)20-15-8-19-21(3)10-15/h8,10,13-14,16H,4-7,9,11-12H2,1-3H3,(H,20,24). The Morgan fingerprint density at radius 3 is 2.76 bits per heavy atom. The predicted octanol–water partition coefficient (Wildman–Crippen LogP) is 1.33. The number of anilines is 1. The van der Waals surface area contributed by atoms with Gasteiger partial charge >= 0.3 is 0 Å². The van der Waals surface area contributed by atoms with Crippen molar-refractivity contribution in [3.05, 3.63) is 12.4 Å². The summed E-state index contributed by atoms with van der Waals surface area (Å²) in [6, 6.07) is 0.182. The third kappa shape index (κ3) is 4.81. The molecule has 2 fully saturated rings. The van der Waals surface area contributed by atoms with Gasteiger partial charge in [0, 0.05) is 45.3 Å². The van der Waals surface area contributed by atoms with Gasteiger partial charge in [-0.1, -0.05) is 13.8 Å². The Morgan fingerprint density at radius 2 is 2.16 bits per heavy atom. The molecule has 1 saturated heterocycles. The fraction of sp³-hybridized carbons (Fsp3) is 0.722. The summed E-state index contributed by atoms with van der Waals surface area (Å²) in [4.78, 5) is 29.1. The molecule has 1 aromatic rings. The summed E-state index contributed by atoms with van der Waals surface area (Å²) < 4.78 is 1.66. The molecule has 0 aromatic carbocycles. The van der Waals surface area contributed by atoms with E-state index >= 15 is 0 Å². The lowest BCUT2D eigenvalue weighted by Crippen LogP contribution is -2.48. The summed E-state index contributed by atoms with van der Waals surface area (Å²) in [7, 11) is 1.82. The van der Waals surface area contributed by atoms with Crippen molar-refractivity contribution in [1.29, 1.82) is 0 Å². The molecular weight excluding hydrogens is 318 g/mol. The first-order valence-electron chi connectivity index (χ1n) is 9.22. The Kier molecular flexibility index (Phi) is 5.42. The van der Waals surface area contributed by atoms with Gasteiger partial charge in [-0.25, -0.2) is 0 Å². The topological polar surface area (TPSA) is 70.5 Å². The Bertz CT molecular complexity index is 623. The van der Waals surface area contributed by atoms with Crippen molar-refractivity contribution in [2.24, 2.45) is 18.9 Å². The number of hydrogen-bond donors (Lipinski definition) is 1. The van der Waals surface area contributed by atoms with Gasteiger partial charge in [0.25, 0.3) is 0 Å². The number of nitrogens with one attached hydrogen (secondary N) is 1. The molecule has 2 heterocycles. The minimum Gasteiger partial charge on any atom is -0.338 e. The second kappa shape index (κ2) is 7.56. The lowest BCUT2D eigenvalue weighted by Gasteiger charge is -2.34. The number of rotatable bonds is 6. The summed E-state index contributed by atoms with van der Waals surface area (Å²) in [5.74, 6) is 1.25. The molecule has 1 N–H and O–H groups in total. The highest BCUT2D eigenvalue weighted by atomic mass is 16.2. The molecule has 25 heavy (non-hydrogen) atoms. The van der Waals surface area contributed by atoms with Gasteiger partial charge in [0.15, 0.2) is 0 Å². The largest absolute Gasteiger partial charge is 0.338 e. The lowest BCUT2D eigenvalue weighted by molar-refractivity contribution is -0.133. The summed E-state index contributed by atoms with van der Waals surface area (Å²) in [5, 5.41) is 6.93. The van der Waals surface area contributed by atoms with Crippen molar-refractivity contribution in [2.45, 2.75) is 39.2 Å². The zero-order valence-corrected chi connectivity index (χ0v) is 15.4. The van der Waals surface area contributed by atoms with E-state index in [1.54, 1.807) is 17.1 Å². The van der Waals surface area contributed by atoms with Crippen molar-refractivity contribution >= 4 is 17.5 Å². The van der Waals surface area contributed by atoms with Gasteiger partial charge in [-0.15, -0.1) is 0 Å². The Morgan fingerprint density at radius 1 is 1.40 bits per heavy atom. The first-order chi connectivity index (χ1) is 11.9. The maximum Gasteiger partial charge on any atom is 0.238 e. The van der Waals surface area contributed by atoms with Crippen molar-refractivity contribution < 1.29 is 9.59 Å². The minimum atomic E-state index is -0.0569. The first kappa shape index (κ1) is 17.9. The van der Waals surface area contributed by atoms with Crippen molar-refractivity contribution in [3.63, 3.8) is 0 Å². The van der Waals surface area contributed by atoms with Gasteiger partial charge in [0.1, 0.15) is 0 Å². The average Bonchev–Trinajstić information content (AvgIpc) is 3.30. The molecule has 1 unspecified atom stereocenters. The summed E-state index contributed by atoms with van der Waals surface area (Å²) in [6.45, 7) is 6.93. The maximum atomic E-state index is 12.6. The van der Waals surface area contributed by atoms with Gasteiger partial charge in [-0.2, -0.15) is 5.10 Å². The molecule has 0 radical (unpaired) electrons. The molecule has 1 aliphatic heterocycles. The molecule has 1 aliphatic carbocycles. The molecule has 2 amide bonds. The SMILES string of the molecule is CC(C)C1CN(CC(=O)Nc2cnn(C)c2)CCC(=O)N1CC1CC1. The van der Waals surface area contributed by atoms with Crippen LogP contribution in [-0.2, 0) is 16.6 Å². The van der Waals surface area contributed by atoms with Crippen LogP contribution in [0.5, 0.6) is 0 Å². The summed E-state index contributed by atoms with van der Waals surface area (Å²) in [5.41, 5.74) is 0.703. The van der Waals surface area contributed by atoms with E-state index < -0.39 is 0 Å². The molecule has 1 atom stereocenters. The van der Waals surface area contributed by atoms with Crippen LogP contribution >= 0.6 is 0 Å². The number of carbonyl (C=O) groups is 2. The van der Waals surface area contributed by atoms with Crippen LogP contribution in [0.3, 0.4) is 0 Å².